The van der Waals surface area contributed by atoms with Crippen LogP contribution in [0.15, 0.2) is 60.0 Å². The molecule has 0 radical (unpaired) electrons. The molecule has 1 heterocycles. The van der Waals surface area contributed by atoms with Crippen molar-refractivity contribution in [3.8, 4) is 0 Å². The lowest BCUT2D eigenvalue weighted by Crippen LogP contribution is -2.38. The summed E-state index contributed by atoms with van der Waals surface area (Å²) in [5.41, 5.74) is 5.13. The average molecular weight is 475 g/mol. The number of aromatic nitrogens is 1. The van der Waals surface area contributed by atoms with Crippen LogP contribution in [-0.2, 0) is 6.54 Å². The van der Waals surface area contributed by atoms with Gasteiger partial charge in [0.2, 0.25) is 0 Å². The van der Waals surface area contributed by atoms with E-state index >= 15 is 0 Å². The van der Waals surface area contributed by atoms with Crippen LogP contribution < -0.4 is 9.99 Å². The molecule has 3 aromatic rings. The number of hydrogen-bond acceptors (Lipinski definition) is 6. The van der Waals surface area contributed by atoms with Crippen LogP contribution in [0.2, 0.25) is 10.0 Å². The molecule has 9 nitrogen and oxygen atoms in total. The summed E-state index contributed by atoms with van der Waals surface area (Å²) < 4.78 is 1.93. The molecule has 0 aliphatic carbocycles. The lowest BCUT2D eigenvalue weighted by molar-refractivity contribution is -0.682. The fourth-order valence-corrected chi connectivity index (χ4v) is 3.43. The summed E-state index contributed by atoms with van der Waals surface area (Å²) in [7, 11) is 0. The van der Waals surface area contributed by atoms with Gasteiger partial charge >= 0.3 is 5.69 Å². The van der Waals surface area contributed by atoms with Crippen molar-refractivity contribution in [2.45, 2.75) is 20.4 Å². The zero-order valence-corrected chi connectivity index (χ0v) is 18.6. The van der Waals surface area contributed by atoms with Gasteiger partial charge in [-0.25, -0.2) is 0 Å². The van der Waals surface area contributed by atoms with E-state index in [2.05, 4.69) is 10.5 Å². The molecule has 0 bridgehead atoms. The van der Waals surface area contributed by atoms with Crippen molar-refractivity contribution in [2.24, 2.45) is 5.10 Å². The number of benzene rings is 2. The Hall–Kier alpha value is -3.56. The zero-order chi connectivity index (χ0) is 23.4. The molecule has 0 atom stereocenters. The molecule has 0 unspecified atom stereocenters. The molecule has 0 fully saturated rings. The number of hydrogen-bond donors (Lipinski definition) is 1. The third kappa shape index (κ3) is 5.57. The molecule has 0 saturated carbocycles. The van der Waals surface area contributed by atoms with E-state index in [9.17, 15) is 20.2 Å². The predicted molar refractivity (Wildman–Crippen MR) is 122 cm³/mol. The lowest BCUT2D eigenvalue weighted by Gasteiger charge is -2.08. The van der Waals surface area contributed by atoms with Gasteiger partial charge in [0.05, 0.1) is 26.0 Å². The van der Waals surface area contributed by atoms with Crippen LogP contribution in [0.4, 0.5) is 17.1 Å². The number of nitro groups is 2. The molecule has 1 aromatic heterocycles. The highest BCUT2D eigenvalue weighted by atomic mass is 35.5. The van der Waals surface area contributed by atoms with E-state index in [1.807, 2.05) is 36.9 Å². The topological polar surface area (TPSA) is 115 Å². The van der Waals surface area contributed by atoms with Gasteiger partial charge in [-0.2, -0.15) is 9.67 Å². The first kappa shape index (κ1) is 23.1. The number of halogens is 2. The average Bonchev–Trinajstić information content (AvgIpc) is 2.72. The first-order valence-corrected chi connectivity index (χ1v) is 10.1. The number of nitro benzene ring substituents is 2. The number of non-ortho nitro benzene ring substituents is 1. The smallest absolute Gasteiger partial charge is 0.271 e. The number of nitrogens with zero attached hydrogens (tertiary/aromatic N) is 4. The standard InChI is InChI=1S/C21H18Cl2N5O4/c1-13-7-14(2)11-26(10-13)12-20(15-3-5-17(22)18(23)8-15)25-24-19-6-4-16(27(29)30)9-21(19)28(31)32/h3-11,24H,12H2,1-2H3/q+1/b25-20-. The Labute approximate surface area is 193 Å². The molecular weight excluding hydrogens is 457 g/mol. The number of hydrazone groups is 1. The molecule has 0 saturated heterocycles. The fraction of sp³-hybridized carbons (Fsp3) is 0.143. The highest BCUT2D eigenvalue weighted by Crippen LogP contribution is 2.29. The second-order valence-corrected chi connectivity index (χ2v) is 7.89. The third-order valence-electron chi connectivity index (χ3n) is 4.48. The van der Waals surface area contributed by atoms with Crippen molar-refractivity contribution in [3.63, 3.8) is 0 Å². The molecule has 0 aliphatic heterocycles. The maximum absolute atomic E-state index is 11.4. The lowest BCUT2D eigenvalue weighted by atomic mass is 10.1. The fourth-order valence-electron chi connectivity index (χ4n) is 3.13. The van der Waals surface area contributed by atoms with Crippen LogP contribution >= 0.6 is 23.2 Å². The van der Waals surface area contributed by atoms with Crippen molar-refractivity contribution in [3.05, 3.63) is 102 Å². The maximum atomic E-state index is 11.4. The van der Waals surface area contributed by atoms with Gasteiger partial charge in [0.1, 0.15) is 11.4 Å². The van der Waals surface area contributed by atoms with Crippen molar-refractivity contribution in [1.29, 1.82) is 0 Å². The second kappa shape index (κ2) is 9.71. The van der Waals surface area contributed by atoms with E-state index in [4.69, 9.17) is 23.2 Å². The maximum Gasteiger partial charge on any atom is 0.301 e. The van der Waals surface area contributed by atoms with Gasteiger partial charge in [0, 0.05) is 22.8 Å². The first-order chi connectivity index (χ1) is 15.1. The normalized spacial score (nSPS) is 11.3. The van der Waals surface area contributed by atoms with Gasteiger partial charge in [-0.05, 0) is 38.1 Å². The minimum Gasteiger partial charge on any atom is -0.271 e. The summed E-state index contributed by atoms with van der Waals surface area (Å²) >= 11 is 12.2. The largest absolute Gasteiger partial charge is 0.301 e. The number of anilines is 1. The molecule has 0 aliphatic rings. The van der Waals surface area contributed by atoms with Crippen LogP contribution in [0, 0.1) is 34.1 Å². The SMILES string of the molecule is Cc1cc(C)c[n+](C/C(=N/Nc2ccc([N+](=O)[O-])cc2[N+](=O)[O-])c2ccc(Cl)c(Cl)c2)c1. The van der Waals surface area contributed by atoms with Gasteiger partial charge < -0.3 is 0 Å². The van der Waals surface area contributed by atoms with E-state index in [1.165, 1.54) is 12.1 Å². The Balaban J connectivity index is 2.04. The molecule has 2 aromatic carbocycles. The van der Waals surface area contributed by atoms with E-state index in [1.54, 1.807) is 18.2 Å². The van der Waals surface area contributed by atoms with Crippen LogP contribution in [-0.4, -0.2) is 15.6 Å². The Morgan fingerprint density at radius 1 is 0.969 bits per heavy atom. The zero-order valence-electron chi connectivity index (χ0n) is 17.1. The third-order valence-corrected chi connectivity index (χ3v) is 5.22. The van der Waals surface area contributed by atoms with Crippen LogP contribution in [0.3, 0.4) is 0 Å². The molecule has 0 spiro atoms. The highest BCUT2D eigenvalue weighted by Gasteiger charge is 2.20. The quantitative estimate of drug-likeness (QED) is 0.218. The van der Waals surface area contributed by atoms with Crippen molar-refractivity contribution in [1.82, 2.24) is 0 Å². The van der Waals surface area contributed by atoms with Crippen LogP contribution in [0.25, 0.3) is 0 Å². The molecule has 11 heteroatoms. The van der Waals surface area contributed by atoms with Gasteiger partial charge in [0.25, 0.3) is 5.69 Å². The molecule has 32 heavy (non-hydrogen) atoms. The Kier molecular flexibility index (Phi) is 7.01. The molecule has 3 rings (SSSR count). The Morgan fingerprint density at radius 3 is 2.25 bits per heavy atom. The molecule has 1 N–H and O–H groups in total. The predicted octanol–water partition coefficient (Wildman–Crippen LogP) is 5.23. The monoisotopic (exact) mass is 474 g/mol. The van der Waals surface area contributed by atoms with E-state index in [0.717, 1.165) is 17.2 Å². The minimum absolute atomic E-state index is 0.0172. The summed E-state index contributed by atoms with van der Waals surface area (Å²) in [6.45, 7) is 4.27. The summed E-state index contributed by atoms with van der Waals surface area (Å²) in [6.07, 6.45) is 3.88. The summed E-state index contributed by atoms with van der Waals surface area (Å²) in [4.78, 5) is 21.0. The highest BCUT2D eigenvalue weighted by molar-refractivity contribution is 6.42. The van der Waals surface area contributed by atoms with E-state index < -0.39 is 15.5 Å². The van der Waals surface area contributed by atoms with Gasteiger partial charge in [-0.15, -0.1) is 0 Å². The molecular formula is C21H18Cl2N5O4+. The molecule has 164 valence electrons. The Morgan fingerprint density at radius 2 is 1.66 bits per heavy atom. The molecule has 0 amide bonds. The summed E-state index contributed by atoms with van der Waals surface area (Å²) in [5, 5.41) is 27.5. The van der Waals surface area contributed by atoms with Crippen molar-refractivity contribution < 1.29 is 14.4 Å². The van der Waals surface area contributed by atoms with Crippen LogP contribution in [0.1, 0.15) is 16.7 Å². The van der Waals surface area contributed by atoms with Gasteiger partial charge in [-0.3, -0.25) is 25.7 Å². The summed E-state index contributed by atoms with van der Waals surface area (Å²) in [5.74, 6) is 0. The minimum atomic E-state index is -0.706. The second-order valence-electron chi connectivity index (χ2n) is 7.08. The van der Waals surface area contributed by atoms with Crippen LogP contribution in [0.5, 0.6) is 0 Å². The number of aryl methyl sites for hydroxylation is 2. The number of pyridine rings is 1. The van der Waals surface area contributed by atoms with E-state index in [0.29, 0.717) is 27.9 Å². The van der Waals surface area contributed by atoms with Crippen molar-refractivity contribution >= 4 is 46.0 Å². The first-order valence-electron chi connectivity index (χ1n) is 9.32. The number of nitrogens with one attached hydrogen (secondary N) is 1. The summed E-state index contributed by atoms with van der Waals surface area (Å²) in [6, 6.07) is 10.4. The van der Waals surface area contributed by atoms with E-state index in [-0.39, 0.29) is 11.4 Å². The number of rotatable bonds is 7. The van der Waals surface area contributed by atoms with Crippen molar-refractivity contribution in [2.75, 3.05) is 5.43 Å². The van der Waals surface area contributed by atoms with Gasteiger partial charge in [0.15, 0.2) is 18.9 Å². The van der Waals surface area contributed by atoms with Gasteiger partial charge in [-0.1, -0.05) is 29.3 Å². The Bertz CT molecular complexity index is 1230.